The van der Waals surface area contributed by atoms with Gasteiger partial charge >= 0.3 is 5.97 Å². The molecule has 1 N–H and O–H groups in total. The molecule has 4 heteroatoms. The number of carboxylic acids is 1. The molecule has 1 heterocycles. The monoisotopic (exact) mass is 284 g/mol. The minimum Gasteiger partial charge on any atom is -0.481 e. The maximum atomic E-state index is 11.7. The maximum absolute atomic E-state index is 11.7. The Hall–Kier alpha value is -2.10. The molecule has 0 amide bonds. The van der Waals surface area contributed by atoms with Gasteiger partial charge in [0.25, 0.3) is 0 Å². The van der Waals surface area contributed by atoms with Crippen molar-refractivity contribution in [1.29, 1.82) is 0 Å². The highest BCUT2D eigenvalue weighted by molar-refractivity contribution is 5.75. The van der Waals surface area contributed by atoms with Crippen LogP contribution in [-0.2, 0) is 11.2 Å². The lowest BCUT2D eigenvalue weighted by Gasteiger charge is -2.32. The summed E-state index contributed by atoms with van der Waals surface area (Å²) in [5.41, 5.74) is 1.24. The van der Waals surface area contributed by atoms with Gasteiger partial charge in [0.2, 0.25) is 0 Å². The quantitative estimate of drug-likeness (QED) is 0.935. The van der Waals surface area contributed by atoms with E-state index >= 15 is 0 Å². The molecule has 0 unspecified atom stereocenters. The molecule has 4 nitrogen and oxygen atoms in total. The molecule has 0 bridgehead atoms. The Kier molecular flexibility index (Phi) is 3.78. The fourth-order valence-electron chi connectivity index (χ4n) is 3.22. The van der Waals surface area contributed by atoms with Crippen LogP contribution in [0.25, 0.3) is 5.69 Å². The zero-order valence-corrected chi connectivity index (χ0v) is 12.0. The standard InChI is InChI=1S/C17H20N2O2/c20-16(21)17(10-5-2-6-11-17)13-14-9-12-19(18-14)15-7-3-1-4-8-15/h1,3-4,7-9,12H,2,5-6,10-11,13H2,(H,20,21). The number of aliphatic carboxylic acids is 1. The fraction of sp³-hybridized carbons (Fsp3) is 0.412. The fourth-order valence-corrected chi connectivity index (χ4v) is 3.22. The first kappa shape index (κ1) is 13.9. The van der Waals surface area contributed by atoms with Gasteiger partial charge in [0, 0.05) is 12.6 Å². The molecule has 0 spiro atoms. The number of hydrogen-bond donors (Lipinski definition) is 1. The second-order valence-corrected chi connectivity index (χ2v) is 5.91. The normalized spacial score (nSPS) is 17.5. The summed E-state index contributed by atoms with van der Waals surface area (Å²) in [7, 11) is 0. The van der Waals surface area contributed by atoms with Gasteiger partial charge in [-0.3, -0.25) is 4.79 Å². The zero-order valence-electron chi connectivity index (χ0n) is 12.0. The third-order valence-corrected chi connectivity index (χ3v) is 4.45. The third-order valence-electron chi connectivity index (χ3n) is 4.45. The van der Waals surface area contributed by atoms with Gasteiger partial charge in [0.15, 0.2) is 0 Å². The van der Waals surface area contributed by atoms with Crippen LogP contribution in [0.15, 0.2) is 42.6 Å². The van der Waals surface area contributed by atoms with Gasteiger partial charge in [-0.05, 0) is 31.0 Å². The van der Waals surface area contributed by atoms with Crippen molar-refractivity contribution in [3.63, 3.8) is 0 Å². The molecule has 2 aromatic rings. The number of carboxylic acid groups (broad SMARTS) is 1. The molecule has 0 saturated heterocycles. The first-order valence-corrected chi connectivity index (χ1v) is 7.53. The average molecular weight is 284 g/mol. The number of para-hydroxylation sites is 1. The lowest BCUT2D eigenvalue weighted by molar-refractivity contribution is -0.151. The minimum atomic E-state index is -0.670. The molecular weight excluding hydrogens is 264 g/mol. The Bertz CT molecular complexity index is 613. The van der Waals surface area contributed by atoms with Crippen molar-refractivity contribution in [3.8, 4) is 5.69 Å². The van der Waals surface area contributed by atoms with Crippen molar-refractivity contribution in [2.24, 2.45) is 5.41 Å². The van der Waals surface area contributed by atoms with Crippen LogP contribution in [0.2, 0.25) is 0 Å². The van der Waals surface area contributed by atoms with Crippen molar-refractivity contribution in [2.75, 3.05) is 0 Å². The largest absolute Gasteiger partial charge is 0.481 e. The second kappa shape index (κ2) is 5.72. The lowest BCUT2D eigenvalue weighted by Crippen LogP contribution is -2.35. The Labute approximate surface area is 124 Å². The second-order valence-electron chi connectivity index (χ2n) is 5.91. The van der Waals surface area contributed by atoms with Crippen LogP contribution >= 0.6 is 0 Å². The van der Waals surface area contributed by atoms with Crippen LogP contribution in [-0.4, -0.2) is 20.9 Å². The van der Waals surface area contributed by atoms with Crippen molar-refractivity contribution >= 4 is 5.97 Å². The van der Waals surface area contributed by atoms with Gasteiger partial charge in [-0.1, -0.05) is 37.5 Å². The van der Waals surface area contributed by atoms with Crippen molar-refractivity contribution in [2.45, 2.75) is 38.5 Å². The summed E-state index contributed by atoms with van der Waals surface area (Å²) in [4.78, 5) is 11.7. The summed E-state index contributed by atoms with van der Waals surface area (Å²) in [5, 5.41) is 14.2. The number of aromatic nitrogens is 2. The predicted molar refractivity (Wildman–Crippen MR) is 80.4 cm³/mol. The summed E-state index contributed by atoms with van der Waals surface area (Å²) < 4.78 is 1.81. The van der Waals surface area contributed by atoms with E-state index in [1.165, 1.54) is 0 Å². The molecule has 21 heavy (non-hydrogen) atoms. The predicted octanol–water partition coefficient (Wildman–Crippen LogP) is 3.45. The molecule has 1 fully saturated rings. The molecule has 0 atom stereocenters. The van der Waals surface area contributed by atoms with Crippen molar-refractivity contribution in [1.82, 2.24) is 9.78 Å². The number of carbonyl (C=O) groups is 1. The van der Waals surface area contributed by atoms with E-state index in [-0.39, 0.29) is 0 Å². The molecule has 1 aliphatic rings. The van der Waals surface area contributed by atoms with Crippen LogP contribution in [0, 0.1) is 5.41 Å². The Morgan fingerprint density at radius 3 is 2.52 bits per heavy atom. The molecule has 1 aliphatic carbocycles. The van der Waals surface area contributed by atoms with Gasteiger partial charge in [-0.2, -0.15) is 5.10 Å². The van der Waals surface area contributed by atoms with E-state index in [2.05, 4.69) is 5.10 Å². The van der Waals surface area contributed by atoms with Crippen molar-refractivity contribution in [3.05, 3.63) is 48.3 Å². The van der Waals surface area contributed by atoms with E-state index < -0.39 is 11.4 Å². The Morgan fingerprint density at radius 1 is 1.14 bits per heavy atom. The first-order valence-electron chi connectivity index (χ1n) is 7.53. The topological polar surface area (TPSA) is 55.1 Å². The van der Waals surface area contributed by atoms with E-state index in [4.69, 9.17) is 0 Å². The molecule has 1 aromatic heterocycles. The molecule has 0 radical (unpaired) electrons. The van der Waals surface area contributed by atoms with E-state index in [0.29, 0.717) is 6.42 Å². The SMILES string of the molecule is O=C(O)C1(Cc2ccn(-c3ccccc3)n2)CCCCC1. The highest BCUT2D eigenvalue weighted by Gasteiger charge is 2.40. The number of hydrogen-bond acceptors (Lipinski definition) is 2. The van der Waals surface area contributed by atoms with Crippen LogP contribution < -0.4 is 0 Å². The Balaban J connectivity index is 1.81. The maximum Gasteiger partial charge on any atom is 0.310 e. The molecule has 3 rings (SSSR count). The summed E-state index contributed by atoms with van der Waals surface area (Å²) >= 11 is 0. The van der Waals surface area contributed by atoms with Gasteiger partial charge in [0.1, 0.15) is 0 Å². The van der Waals surface area contributed by atoms with Gasteiger partial charge in [0.05, 0.1) is 16.8 Å². The van der Waals surface area contributed by atoms with Crippen molar-refractivity contribution < 1.29 is 9.90 Å². The van der Waals surface area contributed by atoms with E-state index in [1.54, 1.807) is 0 Å². The molecule has 1 saturated carbocycles. The number of rotatable bonds is 4. The highest BCUT2D eigenvalue weighted by Crippen LogP contribution is 2.39. The van der Waals surface area contributed by atoms with Gasteiger partial charge in [-0.25, -0.2) is 4.68 Å². The first-order chi connectivity index (χ1) is 10.2. The lowest BCUT2D eigenvalue weighted by atomic mass is 9.71. The van der Waals surface area contributed by atoms with Crippen LogP contribution in [0.5, 0.6) is 0 Å². The molecule has 110 valence electrons. The summed E-state index contributed by atoms with van der Waals surface area (Å²) in [6, 6.07) is 11.8. The Morgan fingerprint density at radius 2 is 1.86 bits per heavy atom. The van der Waals surface area contributed by atoms with Crippen LogP contribution in [0.4, 0.5) is 0 Å². The van der Waals surface area contributed by atoms with E-state index in [1.807, 2.05) is 47.3 Å². The van der Waals surface area contributed by atoms with Gasteiger partial charge < -0.3 is 5.11 Å². The van der Waals surface area contributed by atoms with E-state index in [9.17, 15) is 9.90 Å². The summed E-state index contributed by atoms with van der Waals surface area (Å²) in [6.07, 6.45) is 7.12. The molecule has 0 aliphatic heterocycles. The van der Waals surface area contributed by atoms with Gasteiger partial charge in [-0.15, -0.1) is 0 Å². The van der Waals surface area contributed by atoms with Crippen LogP contribution in [0.1, 0.15) is 37.8 Å². The summed E-state index contributed by atoms with van der Waals surface area (Å²) in [5.74, 6) is -0.670. The molecule has 1 aromatic carbocycles. The third kappa shape index (κ3) is 2.84. The highest BCUT2D eigenvalue weighted by atomic mass is 16.4. The minimum absolute atomic E-state index is 0.530. The average Bonchev–Trinajstić information content (AvgIpc) is 2.97. The van der Waals surface area contributed by atoms with Crippen LogP contribution in [0.3, 0.4) is 0 Å². The number of nitrogens with zero attached hydrogens (tertiary/aromatic N) is 2. The van der Waals surface area contributed by atoms with E-state index in [0.717, 1.165) is 43.5 Å². The smallest absolute Gasteiger partial charge is 0.310 e. The zero-order chi connectivity index (χ0) is 14.7. The molecular formula is C17H20N2O2. The number of benzene rings is 1. The summed E-state index contributed by atoms with van der Waals surface area (Å²) in [6.45, 7) is 0.